The van der Waals surface area contributed by atoms with Crippen LogP contribution in [0.4, 0.5) is 11.4 Å². The monoisotopic (exact) mass is 262 g/mol. The van der Waals surface area contributed by atoms with Gasteiger partial charge in [-0.2, -0.15) is 0 Å². The maximum atomic E-state index is 11.5. The lowest BCUT2D eigenvalue weighted by Gasteiger charge is -2.23. The second-order valence-electron chi connectivity index (χ2n) is 5.94. The second-order valence-corrected chi connectivity index (χ2v) is 5.94. The van der Waals surface area contributed by atoms with Gasteiger partial charge in [-0.15, -0.1) is 0 Å². The van der Waals surface area contributed by atoms with Crippen LogP contribution in [0.25, 0.3) is 0 Å². The Balaban J connectivity index is 2.09. The maximum absolute atomic E-state index is 11.5. The number of aliphatic hydroxyl groups is 1. The molecule has 104 valence electrons. The lowest BCUT2D eigenvalue weighted by Crippen LogP contribution is -2.27. The number of amides is 1. The minimum Gasteiger partial charge on any atom is -0.396 e. The fraction of sp³-hybridized carbons (Fsp3) is 0.533. The van der Waals surface area contributed by atoms with Crippen LogP contribution in [-0.2, 0) is 11.2 Å². The molecule has 0 atom stereocenters. The highest BCUT2D eigenvalue weighted by Gasteiger charge is 2.22. The van der Waals surface area contributed by atoms with Crippen LogP contribution in [0.3, 0.4) is 0 Å². The first kappa shape index (κ1) is 13.9. The molecule has 0 unspecified atom stereocenters. The zero-order valence-corrected chi connectivity index (χ0v) is 11.9. The Bertz CT molecular complexity index is 483. The molecule has 1 amide bonds. The molecule has 19 heavy (non-hydrogen) atoms. The topological polar surface area (TPSA) is 52.6 Å². The van der Waals surface area contributed by atoms with Crippen LogP contribution in [-0.4, -0.2) is 30.7 Å². The molecule has 0 radical (unpaired) electrons. The standard InChI is InChI=1S/C15H22N2O2/c1-11(19)17-7-6-12-8-13(4-5-14(12)17)16-9-15(2,3)10-18/h4-5,8,16,18H,6-7,9-10H2,1-3H3. The summed E-state index contributed by atoms with van der Waals surface area (Å²) in [6.07, 6.45) is 0.911. The van der Waals surface area contributed by atoms with Gasteiger partial charge in [-0.25, -0.2) is 0 Å². The number of nitrogens with zero attached hydrogens (tertiary/aromatic N) is 1. The summed E-state index contributed by atoms with van der Waals surface area (Å²) in [5, 5.41) is 12.6. The van der Waals surface area contributed by atoms with Gasteiger partial charge in [0, 0.05) is 43.4 Å². The number of rotatable bonds is 4. The number of benzene rings is 1. The van der Waals surface area contributed by atoms with Crippen LogP contribution in [0.1, 0.15) is 26.3 Å². The van der Waals surface area contributed by atoms with Crippen molar-refractivity contribution in [3.63, 3.8) is 0 Å². The summed E-state index contributed by atoms with van der Waals surface area (Å²) in [5.41, 5.74) is 3.15. The Hall–Kier alpha value is -1.55. The van der Waals surface area contributed by atoms with Crippen LogP contribution >= 0.6 is 0 Å². The van der Waals surface area contributed by atoms with Crippen LogP contribution in [0.5, 0.6) is 0 Å². The average Bonchev–Trinajstić information content (AvgIpc) is 2.79. The molecule has 1 heterocycles. The van der Waals surface area contributed by atoms with E-state index in [9.17, 15) is 9.90 Å². The fourth-order valence-electron chi connectivity index (χ4n) is 2.24. The normalized spacial score (nSPS) is 14.4. The summed E-state index contributed by atoms with van der Waals surface area (Å²) < 4.78 is 0. The van der Waals surface area contributed by atoms with Crippen molar-refractivity contribution in [1.29, 1.82) is 0 Å². The van der Waals surface area contributed by atoms with Gasteiger partial charge in [-0.1, -0.05) is 13.8 Å². The Morgan fingerprint density at radius 2 is 2.21 bits per heavy atom. The fourth-order valence-corrected chi connectivity index (χ4v) is 2.24. The van der Waals surface area contributed by atoms with E-state index in [1.165, 1.54) is 5.56 Å². The molecular formula is C15H22N2O2. The molecule has 1 aromatic carbocycles. The summed E-state index contributed by atoms with van der Waals surface area (Å²) in [5.74, 6) is 0.0980. The van der Waals surface area contributed by atoms with Crippen molar-refractivity contribution in [2.75, 3.05) is 29.9 Å². The summed E-state index contributed by atoms with van der Waals surface area (Å²) in [6, 6.07) is 6.09. The minimum absolute atomic E-state index is 0.0980. The number of nitrogens with one attached hydrogen (secondary N) is 1. The van der Waals surface area contributed by atoms with Crippen molar-refractivity contribution >= 4 is 17.3 Å². The number of aliphatic hydroxyl groups excluding tert-OH is 1. The molecule has 0 fully saturated rings. The Labute approximate surface area is 114 Å². The summed E-state index contributed by atoms with van der Waals surface area (Å²) in [4.78, 5) is 13.3. The van der Waals surface area contributed by atoms with Crippen molar-refractivity contribution < 1.29 is 9.90 Å². The largest absolute Gasteiger partial charge is 0.396 e. The van der Waals surface area contributed by atoms with Gasteiger partial charge >= 0.3 is 0 Å². The van der Waals surface area contributed by atoms with E-state index in [1.807, 2.05) is 30.9 Å². The second kappa shape index (κ2) is 5.21. The van der Waals surface area contributed by atoms with E-state index in [0.717, 1.165) is 30.9 Å². The van der Waals surface area contributed by atoms with Gasteiger partial charge in [0.25, 0.3) is 0 Å². The Morgan fingerprint density at radius 3 is 2.84 bits per heavy atom. The van der Waals surface area contributed by atoms with E-state index >= 15 is 0 Å². The zero-order chi connectivity index (χ0) is 14.0. The van der Waals surface area contributed by atoms with Gasteiger partial charge in [-0.3, -0.25) is 4.79 Å². The molecule has 4 nitrogen and oxygen atoms in total. The quantitative estimate of drug-likeness (QED) is 0.873. The minimum atomic E-state index is -0.134. The first-order chi connectivity index (χ1) is 8.93. The van der Waals surface area contributed by atoms with E-state index in [2.05, 4.69) is 11.4 Å². The van der Waals surface area contributed by atoms with Crippen molar-refractivity contribution in [3.05, 3.63) is 23.8 Å². The molecule has 4 heteroatoms. The van der Waals surface area contributed by atoms with Crippen LogP contribution in [0.2, 0.25) is 0 Å². The first-order valence-corrected chi connectivity index (χ1v) is 6.69. The molecule has 1 aromatic rings. The van der Waals surface area contributed by atoms with Gasteiger partial charge in [-0.05, 0) is 30.2 Å². The molecule has 0 saturated carbocycles. The van der Waals surface area contributed by atoms with E-state index in [0.29, 0.717) is 0 Å². The predicted molar refractivity (Wildman–Crippen MR) is 77.5 cm³/mol. The molecule has 0 bridgehead atoms. The third kappa shape index (κ3) is 3.07. The van der Waals surface area contributed by atoms with Crippen molar-refractivity contribution in [1.82, 2.24) is 0 Å². The smallest absolute Gasteiger partial charge is 0.223 e. The van der Waals surface area contributed by atoms with E-state index in [-0.39, 0.29) is 17.9 Å². The summed E-state index contributed by atoms with van der Waals surface area (Å²) in [6.45, 7) is 7.29. The summed E-state index contributed by atoms with van der Waals surface area (Å²) >= 11 is 0. The number of carbonyl (C=O) groups is 1. The van der Waals surface area contributed by atoms with Crippen molar-refractivity contribution in [2.24, 2.45) is 5.41 Å². The molecule has 2 rings (SSSR count). The number of anilines is 2. The van der Waals surface area contributed by atoms with E-state index < -0.39 is 0 Å². The van der Waals surface area contributed by atoms with E-state index in [4.69, 9.17) is 0 Å². The SMILES string of the molecule is CC(=O)N1CCc2cc(NCC(C)(C)CO)ccc21. The van der Waals surface area contributed by atoms with Gasteiger partial charge in [0.05, 0.1) is 0 Å². The molecule has 2 N–H and O–H groups in total. The zero-order valence-electron chi connectivity index (χ0n) is 11.9. The van der Waals surface area contributed by atoms with Gasteiger partial charge in [0.15, 0.2) is 0 Å². The number of hydrogen-bond acceptors (Lipinski definition) is 3. The maximum Gasteiger partial charge on any atom is 0.223 e. The van der Waals surface area contributed by atoms with E-state index in [1.54, 1.807) is 6.92 Å². The average molecular weight is 262 g/mol. The molecule has 0 aliphatic carbocycles. The highest BCUT2D eigenvalue weighted by molar-refractivity contribution is 5.94. The van der Waals surface area contributed by atoms with Crippen LogP contribution in [0.15, 0.2) is 18.2 Å². The lowest BCUT2D eigenvalue weighted by atomic mass is 9.95. The number of fused-ring (bicyclic) bond motifs is 1. The third-order valence-corrected chi connectivity index (χ3v) is 3.55. The molecule has 0 aromatic heterocycles. The molecular weight excluding hydrogens is 240 g/mol. The number of carbonyl (C=O) groups excluding carboxylic acids is 1. The summed E-state index contributed by atoms with van der Waals surface area (Å²) in [7, 11) is 0. The predicted octanol–water partition coefficient (Wildman–Crippen LogP) is 2.03. The van der Waals surface area contributed by atoms with Crippen molar-refractivity contribution in [2.45, 2.75) is 27.2 Å². The van der Waals surface area contributed by atoms with Crippen LogP contribution < -0.4 is 10.2 Å². The highest BCUT2D eigenvalue weighted by atomic mass is 16.3. The third-order valence-electron chi connectivity index (χ3n) is 3.55. The molecule has 1 aliphatic heterocycles. The van der Waals surface area contributed by atoms with Gasteiger partial charge in [0.1, 0.15) is 0 Å². The van der Waals surface area contributed by atoms with Gasteiger partial charge < -0.3 is 15.3 Å². The number of hydrogen-bond donors (Lipinski definition) is 2. The van der Waals surface area contributed by atoms with Crippen molar-refractivity contribution in [3.8, 4) is 0 Å². The highest BCUT2D eigenvalue weighted by Crippen LogP contribution is 2.30. The van der Waals surface area contributed by atoms with Crippen LogP contribution in [0, 0.1) is 5.41 Å². The molecule has 0 spiro atoms. The first-order valence-electron chi connectivity index (χ1n) is 6.69. The molecule has 1 aliphatic rings. The molecule has 0 saturated heterocycles. The lowest BCUT2D eigenvalue weighted by molar-refractivity contribution is -0.116. The van der Waals surface area contributed by atoms with Gasteiger partial charge in [0.2, 0.25) is 5.91 Å². The Kier molecular flexibility index (Phi) is 3.80. The Morgan fingerprint density at radius 1 is 1.47 bits per heavy atom.